The van der Waals surface area contributed by atoms with Gasteiger partial charge in [0.05, 0.1) is 19.6 Å². The number of carbonyl (C=O) groups is 1. The molecule has 0 saturated carbocycles. The molecule has 5 nitrogen and oxygen atoms in total. The normalized spacial score (nSPS) is 22.0. The third-order valence-electron chi connectivity index (χ3n) is 5.41. The first-order valence-corrected chi connectivity index (χ1v) is 11.7. The Kier molecular flexibility index (Phi) is 14.7. The van der Waals surface area contributed by atoms with Gasteiger partial charge in [-0.25, -0.2) is 0 Å². The van der Waals surface area contributed by atoms with E-state index in [4.69, 9.17) is 19.3 Å². The van der Waals surface area contributed by atoms with E-state index in [0.717, 1.165) is 13.0 Å². The van der Waals surface area contributed by atoms with Crippen LogP contribution >= 0.6 is 0 Å². The molecule has 166 valence electrons. The highest BCUT2D eigenvalue weighted by Gasteiger charge is 2.39. The highest BCUT2D eigenvalue weighted by Crippen LogP contribution is 2.26. The summed E-state index contributed by atoms with van der Waals surface area (Å²) in [6.07, 6.45) is 18.7. The van der Waals surface area contributed by atoms with E-state index in [0.29, 0.717) is 13.2 Å². The highest BCUT2D eigenvalue weighted by atomic mass is 16.7. The molecule has 0 amide bonds. The lowest BCUT2D eigenvalue weighted by Crippen LogP contribution is -2.30. The van der Waals surface area contributed by atoms with E-state index in [9.17, 15) is 4.79 Å². The Hall–Kier alpha value is -0.650. The molecule has 0 aliphatic carbocycles. The van der Waals surface area contributed by atoms with Gasteiger partial charge in [0.2, 0.25) is 0 Å². The first kappa shape index (κ1) is 25.4. The number of hydrogen-bond donors (Lipinski definition) is 1. The molecule has 28 heavy (non-hydrogen) atoms. The summed E-state index contributed by atoms with van der Waals surface area (Å²) >= 11 is 0. The quantitative estimate of drug-likeness (QED) is 0.266. The minimum atomic E-state index is -1.01. The van der Waals surface area contributed by atoms with E-state index in [1.807, 2.05) is 0 Å². The lowest BCUT2D eigenvalue weighted by molar-refractivity contribution is -0.179. The number of rotatable bonds is 19. The van der Waals surface area contributed by atoms with Gasteiger partial charge in [0, 0.05) is 6.61 Å². The molecule has 0 aromatic rings. The molecule has 0 aromatic carbocycles. The second-order valence-electron chi connectivity index (χ2n) is 8.43. The standard InChI is InChI=1S/C23H44O5/c1-3-4-5-6-7-8-9-10-11-12-13-14-15-16-17-26-19-21-20-27-23(2,28-21)18-22(24)25/h21H,3-20H2,1-2H3,(H,24,25). The van der Waals surface area contributed by atoms with Gasteiger partial charge >= 0.3 is 5.97 Å². The third kappa shape index (κ3) is 13.5. The van der Waals surface area contributed by atoms with Crippen LogP contribution in [0.5, 0.6) is 0 Å². The van der Waals surface area contributed by atoms with Gasteiger partial charge in [-0.05, 0) is 13.3 Å². The van der Waals surface area contributed by atoms with E-state index < -0.39 is 11.8 Å². The zero-order valence-corrected chi connectivity index (χ0v) is 18.4. The summed E-state index contributed by atoms with van der Waals surface area (Å²) in [6, 6.07) is 0. The summed E-state index contributed by atoms with van der Waals surface area (Å²) in [7, 11) is 0. The van der Waals surface area contributed by atoms with Crippen molar-refractivity contribution >= 4 is 5.97 Å². The molecule has 1 saturated heterocycles. The van der Waals surface area contributed by atoms with Crippen molar-refractivity contribution in [2.75, 3.05) is 19.8 Å². The Bertz CT molecular complexity index is 387. The van der Waals surface area contributed by atoms with Crippen molar-refractivity contribution in [3.63, 3.8) is 0 Å². The third-order valence-corrected chi connectivity index (χ3v) is 5.41. The van der Waals surface area contributed by atoms with Gasteiger partial charge < -0.3 is 19.3 Å². The minimum absolute atomic E-state index is 0.136. The topological polar surface area (TPSA) is 65.0 Å². The molecule has 2 unspecified atom stereocenters. The number of unbranched alkanes of at least 4 members (excludes halogenated alkanes) is 13. The summed E-state index contributed by atoms with van der Waals surface area (Å²) in [5.41, 5.74) is 0. The number of carboxylic acid groups (broad SMARTS) is 1. The van der Waals surface area contributed by atoms with E-state index in [-0.39, 0.29) is 12.5 Å². The highest BCUT2D eigenvalue weighted by molar-refractivity contribution is 5.67. The molecule has 1 rings (SSSR count). The number of ether oxygens (including phenoxy) is 3. The van der Waals surface area contributed by atoms with Crippen LogP contribution in [0.2, 0.25) is 0 Å². The molecule has 0 bridgehead atoms. The predicted octanol–water partition coefficient (Wildman–Crippen LogP) is 6.09. The van der Waals surface area contributed by atoms with Gasteiger partial charge in [-0.2, -0.15) is 0 Å². The molecule has 1 heterocycles. The van der Waals surface area contributed by atoms with Gasteiger partial charge in [-0.15, -0.1) is 0 Å². The summed E-state index contributed by atoms with van der Waals surface area (Å²) in [5.74, 6) is -1.92. The van der Waals surface area contributed by atoms with Crippen LogP contribution in [0.15, 0.2) is 0 Å². The minimum Gasteiger partial charge on any atom is -0.481 e. The lowest BCUT2D eigenvalue weighted by Gasteiger charge is -2.20. The van der Waals surface area contributed by atoms with Crippen molar-refractivity contribution in [1.82, 2.24) is 0 Å². The first-order valence-electron chi connectivity index (χ1n) is 11.7. The van der Waals surface area contributed by atoms with Crippen molar-refractivity contribution in [3.8, 4) is 0 Å². The summed E-state index contributed by atoms with van der Waals surface area (Å²) in [4.78, 5) is 10.8. The maximum Gasteiger partial charge on any atom is 0.308 e. The lowest BCUT2D eigenvalue weighted by atomic mass is 10.0. The maximum absolute atomic E-state index is 10.8. The van der Waals surface area contributed by atoms with Crippen LogP contribution < -0.4 is 0 Å². The van der Waals surface area contributed by atoms with Crippen LogP contribution in [0.4, 0.5) is 0 Å². The van der Waals surface area contributed by atoms with Crippen molar-refractivity contribution < 1.29 is 24.1 Å². The molecule has 0 spiro atoms. The largest absolute Gasteiger partial charge is 0.481 e. The Morgan fingerprint density at radius 3 is 1.93 bits per heavy atom. The van der Waals surface area contributed by atoms with Gasteiger partial charge in [0.25, 0.3) is 0 Å². The molecular formula is C23H44O5. The summed E-state index contributed by atoms with van der Waals surface area (Å²) in [6.45, 7) is 5.58. The van der Waals surface area contributed by atoms with Gasteiger partial charge in [0.1, 0.15) is 6.10 Å². The van der Waals surface area contributed by atoms with Crippen molar-refractivity contribution in [2.45, 2.75) is 122 Å². The van der Waals surface area contributed by atoms with Crippen LogP contribution in [0.1, 0.15) is 110 Å². The van der Waals surface area contributed by atoms with Crippen molar-refractivity contribution in [2.24, 2.45) is 0 Å². The maximum atomic E-state index is 10.8. The zero-order valence-electron chi connectivity index (χ0n) is 18.4. The second kappa shape index (κ2) is 16.2. The van der Waals surface area contributed by atoms with Crippen molar-refractivity contribution in [1.29, 1.82) is 0 Å². The van der Waals surface area contributed by atoms with Crippen LogP contribution in [-0.2, 0) is 19.0 Å². The Morgan fingerprint density at radius 2 is 1.43 bits per heavy atom. The average Bonchev–Trinajstić information content (AvgIpc) is 3.01. The molecule has 1 N–H and O–H groups in total. The molecule has 5 heteroatoms. The fraction of sp³-hybridized carbons (Fsp3) is 0.957. The Balaban J connectivity index is 1.79. The number of aliphatic carboxylic acids is 1. The van der Waals surface area contributed by atoms with Crippen molar-refractivity contribution in [3.05, 3.63) is 0 Å². The zero-order chi connectivity index (χ0) is 20.5. The molecule has 1 aliphatic rings. The predicted molar refractivity (Wildman–Crippen MR) is 113 cm³/mol. The fourth-order valence-corrected chi connectivity index (χ4v) is 3.75. The Labute approximate surface area is 172 Å². The molecular weight excluding hydrogens is 356 g/mol. The number of carboxylic acids is 1. The smallest absolute Gasteiger partial charge is 0.308 e. The average molecular weight is 401 g/mol. The van der Waals surface area contributed by atoms with Gasteiger partial charge in [0.15, 0.2) is 5.79 Å². The van der Waals surface area contributed by atoms with Crippen LogP contribution in [-0.4, -0.2) is 42.8 Å². The second-order valence-corrected chi connectivity index (χ2v) is 8.43. The molecule has 0 aromatic heterocycles. The van der Waals surface area contributed by atoms with E-state index in [1.54, 1.807) is 6.92 Å². The van der Waals surface area contributed by atoms with Gasteiger partial charge in [-0.3, -0.25) is 4.79 Å². The molecule has 2 atom stereocenters. The number of hydrogen-bond acceptors (Lipinski definition) is 4. The fourth-order valence-electron chi connectivity index (χ4n) is 3.75. The van der Waals surface area contributed by atoms with Gasteiger partial charge in [-0.1, -0.05) is 90.4 Å². The van der Waals surface area contributed by atoms with E-state index >= 15 is 0 Å². The summed E-state index contributed by atoms with van der Waals surface area (Å²) < 4.78 is 16.8. The Morgan fingerprint density at radius 1 is 0.929 bits per heavy atom. The summed E-state index contributed by atoms with van der Waals surface area (Å²) in [5, 5.41) is 8.86. The molecule has 1 aliphatic heterocycles. The molecule has 1 fully saturated rings. The van der Waals surface area contributed by atoms with Crippen LogP contribution in [0.25, 0.3) is 0 Å². The van der Waals surface area contributed by atoms with E-state index in [1.165, 1.54) is 83.5 Å². The first-order chi connectivity index (χ1) is 13.6. The van der Waals surface area contributed by atoms with Crippen LogP contribution in [0, 0.1) is 0 Å². The SMILES string of the molecule is CCCCCCCCCCCCCCCCOCC1COC(C)(CC(=O)O)O1. The van der Waals surface area contributed by atoms with Crippen LogP contribution in [0.3, 0.4) is 0 Å². The monoisotopic (exact) mass is 400 g/mol. The van der Waals surface area contributed by atoms with E-state index in [2.05, 4.69) is 6.92 Å². The molecule has 0 radical (unpaired) electrons.